The lowest BCUT2D eigenvalue weighted by Crippen LogP contribution is -2.22. The van der Waals surface area contributed by atoms with Crippen LogP contribution in [0.25, 0.3) is 0 Å². The number of benzene rings is 3. The highest BCUT2D eigenvalue weighted by atomic mass is 35.5. The summed E-state index contributed by atoms with van der Waals surface area (Å²) >= 11 is 5.91. The molecule has 0 radical (unpaired) electrons. The van der Waals surface area contributed by atoms with Crippen molar-refractivity contribution in [3.05, 3.63) is 88.9 Å². The summed E-state index contributed by atoms with van der Waals surface area (Å²) in [6.45, 7) is 0.583. The van der Waals surface area contributed by atoms with Gasteiger partial charge >= 0.3 is 0 Å². The standard InChI is InChI=1S/C23H21ClFNO/c24-19-6-10-21(11-7-19)27-22-12-8-20(9-13-22)26-14-2-5-23(26)18-4-1-3-17(15-18)16-25/h1,3-4,6-13,15,23H,2,5,14,16H2/t23-/m1/s1. The number of hydrogen-bond donors (Lipinski definition) is 0. The Morgan fingerprint density at radius 2 is 1.67 bits per heavy atom. The molecule has 4 rings (SSSR count). The summed E-state index contributed by atoms with van der Waals surface area (Å²) in [5, 5.41) is 0.689. The number of hydrogen-bond acceptors (Lipinski definition) is 2. The average Bonchev–Trinajstić information content (AvgIpc) is 3.20. The summed E-state index contributed by atoms with van der Waals surface area (Å²) in [6, 6.07) is 23.6. The zero-order chi connectivity index (χ0) is 18.6. The third-order valence-corrected chi connectivity index (χ3v) is 5.21. The fourth-order valence-corrected chi connectivity index (χ4v) is 3.78. The Morgan fingerprint density at radius 3 is 2.37 bits per heavy atom. The molecule has 0 amide bonds. The van der Waals surface area contributed by atoms with Gasteiger partial charge in [0.2, 0.25) is 0 Å². The first-order chi connectivity index (χ1) is 13.2. The van der Waals surface area contributed by atoms with Crippen molar-refractivity contribution in [1.29, 1.82) is 0 Å². The summed E-state index contributed by atoms with van der Waals surface area (Å²) in [7, 11) is 0. The summed E-state index contributed by atoms with van der Waals surface area (Å²) in [4.78, 5) is 2.39. The molecule has 1 atom stereocenters. The van der Waals surface area contributed by atoms with E-state index in [1.165, 1.54) is 5.56 Å². The summed E-state index contributed by atoms with van der Waals surface area (Å²) < 4.78 is 18.9. The van der Waals surface area contributed by atoms with E-state index in [-0.39, 0.29) is 0 Å². The van der Waals surface area contributed by atoms with Crippen molar-refractivity contribution < 1.29 is 9.13 Å². The van der Waals surface area contributed by atoms with E-state index in [1.807, 2.05) is 54.6 Å². The normalized spacial score (nSPS) is 16.5. The van der Waals surface area contributed by atoms with Gasteiger partial charge in [-0.05, 0) is 72.5 Å². The predicted octanol–water partition coefficient (Wildman–Crippen LogP) is 6.94. The number of halogens is 2. The molecule has 0 aromatic heterocycles. The molecule has 4 heteroatoms. The first-order valence-corrected chi connectivity index (χ1v) is 9.56. The Labute approximate surface area is 164 Å². The van der Waals surface area contributed by atoms with Gasteiger partial charge in [0, 0.05) is 17.3 Å². The van der Waals surface area contributed by atoms with E-state index in [0.717, 1.165) is 42.1 Å². The zero-order valence-corrected chi connectivity index (χ0v) is 15.7. The van der Waals surface area contributed by atoms with Crippen molar-refractivity contribution in [3.8, 4) is 11.5 Å². The van der Waals surface area contributed by atoms with Crippen LogP contribution in [0.5, 0.6) is 11.5 Å². The molecule has 1 fully saturated rings. The Kier molecular flexibility index (Phi) is 5.30. The van der Waals surface area contributed by atoms with Crippen molar-refractivity contribution >= 4 is 17.3 Å². The number of nitrogens with zero attached hydrogens (tertiary/aromatic N) is 1. The minimum absolute atomic E-state index is 0.291. The molecule has 1 heterocycles. The highest BCUT2D eigenvalue weighted by Crippen LogP contribution is 2.37. The van der Waals surface area contributed by atoms with Gasteiger partial charge in [0.1, 0.15) is 18.2 Å². The average molecular weight is 382 g/mol. The van der Waals surface area contributed by atoms with Crippen LogP contribution in [-0.4, -0.2) is 6.54 Å². The largest absolute Gasteiger partial charge is 0.457 e. The van der Waals surface area contributed by atoms with E-state index >= 15 is 0 Å². The van der Waals surface area contributed by atoms with Crippen LogP contribution in [0, 0.1) is 0 Å². The smallest absolute Gasteiger partial charge is 0.127 e. The fraction of sp³-hybridized carbons (Fsp3) is 0.217. The highest BCUT2D eigenvalue weighted by Gasteiger charge is 2.26. The molecule has 0 N–H and O–H groups in total. The molecule has 138 valence electrons. The molecular weight excluding hydrogens is 361 g/mol. The van der Waals surface area contributed by atoms with Crippen LogP contribution in [0.1, 0.15) is 30.0 Å². The Balaban J connectivity index is 1.51. The Hall–Kier alpha value is -2.52. The van der Waals surface area contributed by atoms with Crippen LogP contribution < -0.4 is 9.64 Å². The van der Waals surface area contributed by atoms with Gasteiger partial charge in [-0.15, -0.1) is 0 Å². The lowest BCUT2D eigenvalue weighted by atomic mass is 10.0. The molecule has 3 aromatic carbocycles. The monoisotopic (exact) mass is 381 g/mol. The van der Waals surface area contributed by atoms with Crippen LogP contribution in [0.15, 0.2) is 72.8 Å². The topological polar surface area (TPSA) is 12.5 Å². The molecule has 27 heavy (non-hydrogen) atoms. The van der Waals surface area contributed by atoms with Gasteiger partial charge in [0.15, 0.2) is 0 Å². The Morgan fingerprint density at radius 1 is 0.963 bits per heavy atom. The van der Waals surface area contributed by atoms with Crippen LogP contribution >= 0.6 is 11.6 Å². The van der Waals surface area contributed by atoms with E-state index in [0.29, 0.717) is 11.1 Å². The third kappa shape index (κ3) is 4.09. The molecular formula is C23H21ClFNO. The maximum absolute atomic E-state index is 13.0. The molecule has 1 aliphatic heterocycles. The second-order valence-electron chi connectivity index (χ2n) is 6.78. The first kappa shape index (κ1) is 17.9. The quantitative estimate of drug-likeness (QED) is 0.474. The van der Waals surface area contributed by atoms with E-state index in [2.05, 4.69) is 23.1 Å². The SMILES string of the molecule is FCc1cccc([C@H]2CCCN2c2ccc(Oc3ccc(Cl)cc3)cc2)c1. The molecule has 0 spiro atoms. The molecule has 2 nitrogen and oxygen atoms in total. The molecule has 0 aliphatic carbocycles. The molecule has 0 unspecified atom stereocenters. The van der Waals surface area contributed by atoms with Gasteiger partial charge in [0.25, 0.3) is 0 Å². The van der Waals surface area contributed by atoms with Gasteiger partial charge in [-0.1, -0.05) is 35.9 Å². The van der Waals surface area contributed by atoms with Crippen molar-refractivity contribution in [2.45, 2.75) is 25.6 Å². The summed E-state index contributed by atoms with van der Waals surface area (Å²) in [5.41, 5.74) is 3.09. The van der Waals surface area contributed by atoms with Crippen LogP contribution in [0.3, 0.4) is 0 Å². The number of rotatable bonds is 5. The van der Waals surface area contributed by atoms with Crippen LogP contribution in [0.4, 0.5) is 10.1 Å². The molecule has 1 saturated heterocycles. The van der Waals surface area contributed by atoms with Crippen molar-refractivity contribution in [2.24, 2.45) is 0 Å². The summed E-state index contributed by atoms with van der Waals surface area (Å²) in [5.74, 6) is 1.55. The van der Waals surface area contributed by atoms with E-state index in [1.54, 1.807) is 0 Å². The van der Waals surface area contributed by atoms with Gasteiger partial charge < -0.3 is 9.64 Å². The summed E-state index contributed by atoms with van der Waals surface area (Å²) in [6.07, 6.45) is 2.21. The van der Waals surface area contributed by atoms with Crippen molar-refractivity contribution in [1.82, 2.24) is 0 Å². The van der Waals surface area contributed by atoms with Gasteiger partial charge in [-0.25, -0.2) is 4.39 Å². The first-order valence-electron chi connectivity index (χ1n) is 9.18. The third-order valence-electron chi connectivity index (χ3n) is 4.96. The number of ether oxygens (including phenoxy) is 1. The van der Waals surface area contributed by atoms with Crippen LogP contribution in [-0.2, 0) is 6.67 Å². The molecule has 3 aromatic rings. The van der Waals surface area contributed by atoms with Crippen molar-refractivity contribution in [2.75, 3.05) is 11.4 Å². The van der Waals surface area contributed by atoms with Crippen molar-refractivity contribution in [3.63, 3.8) is 0 Å². The van der Waals surface area contributed by atoms with Gasteiger partial charge in [0.05, 0.1) is 6.04 Å². The maximum atomic E-state index is 13.0. The van der Waals surface area contributed by atoms with Gasteiger partial charge in [-0.3, -0.25) is 0 Å². The lowest BCUT2D eigenvalue weighted by Gasteiger charge is -2.27. The second kappa shape index (κ2) is 8.01. The minimum Gasteiger partial charge on any atom is -0.457 e. The second-order valence-corrected chi connectivity index (χ2v) is 7.22. The molecule has 0 saturated carbocycles. The minimum atomic E-state index is -0.419. The maximum Gasteiger partial charge on any atom is 0.127 e. The lowest BCUT2D eigenvalue weighted by molar-refractivity contribution is 0.482. The predicted molar refractivity (Wildman–Crippen MR) is 109 cm³/mol. The van der Waals surface area contributed by atoms with Gasteiger partial charge in [-0.2, -0.15) is 0 Å². The van der Waals surface area contributed by atoms with E-state index in [4.69, 9.17) is 16.3 Å². The zero-order valence-electron chi connectivity index (χ0n) is 14.9. The van der Waals surface area contributed by atoms with E-state index in [9.17, 15) is 4.39 Å². The number of alkyl halides is 1. The Bertz CT molecular complexity index is 895. The molecule has 0 bridgehead atoms. The van der Waals surface area contributed by atoms with E-state index < -0.39 is 6.67 Å². The fourth-order valence-electron chi connectivity index (χ4n) is 3.65. The van der Waals surface area contributed by atoms with Crippen LogP contribution in [0.2, 0.25) is 5.02 Å². The highest BCUT2D eigenvalue weighted by molar-refractivity contribution is 6.30. The number of anilines is 1. The molecule has 1 aliphatic rings.